The Kier molecular flexibility index (Phi) is 7.17. The first-order valence-corrected chi connectivity index (χ1v) is 14.2. The number of aromatic nitrogens is 4. The van der Waals surface area contributed by atoms with Crippen molar-refractivity contribution in [2.45, 2.75) is 22.7 Å². The number of carbonyl (C=O) groups is 1. The van der Waals surface area contributed by atoms with Gasteiger partial charge in [0.15, 0.2) is 5.16 Å². The van der Waals surface area contributed by atoms with E-state index in [9.17, 15) is 22.8 Å². The van der Waals surface area contributed by atoms with Crippen molar-refractivity contribution in [3.8, 4) is 0 Å². The van der Waals surface area contributed by atoms with E-state index in [-0.39, 0.29) is 38.9 Å². The standard InChI is InChI=1S/C26H21N5O6S2/c1-2-37-25(34)17-10-12-19(13-11-17)39(35,36)29-31-24(33)20-7-3-4-8-21(20)28-26(31)38-16-18-15-23(32)30-14-6-5-9-22(30)27-18/h3-15,29H,2,16H2,1H3. The first-order valence-electron chi connectivity index (χ1n) is 11.7. The van der Waals surface area contributed by atoms with Gasteiger partial charge in [0.2, 0.25) is 0 Å². The number of thioether (sulfide) groups is 1. The highest BCUT2D eigenvalue weighted by molar-refractivity contribution is 7.98. The third kappa shape index (κ3) is 5.40. The molecule has 0 amide bonds. The Balaban J connectivity index is 1.50. The van der Waals surface area contributed by atoms with Gasteiger partial charge in [-0.15, -0.1) is 0 Å². The highest BCUT2D eigenvalue weighted by atomic mass is 32.2. The Morgan fingerprint density at radius 3 is 2.51 bits per heavy atom. The molecule has 2 aromatic carbocycles. The number of benzene rings is 2. The quantitative estimate of drug-likeness (QED) is 0.171. The molecule has 0 saturated carbocycles. The zero-order valence-corrected chi connectivity index (χ0v) is 22.1. The lowest BCUT2D eigenvalue weighted by Crippen LogP contribution is -2.35. The summed E-state index contributed by atoms with van der Waals surface area (Å²) in [6.45, 7) is 1.85. The molecule has 0 unspecified atom stereocenters. The lowest BCUT2D eigenvalue weighted by molar-refractivity contribution is 0.0526. The van der Waals surface area contributed by atoms with Crippen LogP contribution in [0.3, 0.4) is 0 Å². The molecule has 198 valence electrons. The molecule has 0 aliphatic heterocycles. The number of fused-ring (bicyclic) bond motifs is 2. The molecule has 5 rings (SSSR count). The summed E-state index contributed by atoms with van der Waals surface area (Å²) in [5.41, 5.74) is 0.563. The smallest absolute Gasteiger partial charge is 0.338 e. The van der Waals surface area contributed by atoms with Gasteiger partial charge in [-0.3, -0.25) is 14.0 Å². The number of sulfonamides is 1. The molecule has 13 heteroatoms. The fourth-order valence-electron chi connectivity index (χ4n) is 3.76. The molecule has 1 N–H and O–H groups in total. The zero-order chi connectivity index (χ0) is 27.6. The second-order valence-corrected chi connectivity index (χ2v) is 10.8. The number of nitrogens with zero attached hydrogens (tertiary/aromatic N) is 4. The van der Waals surface area contributed by atoms with Gasteiger partial charge in [0.25, 0.3) is 21.1 Å². The molecular formula is C26H21N5O6S2. The van der Waals surface area contributed by atoms with Gasteiger partial charge in [0.05, 0.1) is 33.7 Å². The normalized spacial score (nSPS) is 11.5. The van der Waals surface area contributed by atoms with E-state index in [1.165, 1.54) is 34.7 Å². The highest BCUT2D eigenvalue weighted by Crippen LogP contribution is 2.22. The molecule has 0 bridgehead atoms. The van der Waals surface area contributed by atoms with Crippen LogP contribution in [0.25, 0.3) is 16.6 Å². The first kappa shape index (κ1) is 26.1. The molecular weight excluding hydrogens is 542 g/mol. The van der Waals surface area contributed by atoms with Gasteiger partial charge >= 0.3 is 5.97 Å². The Labute approximate surface area is 226 Å². The van der Waals surface area contributed by atoms with Crippen LogP contribution < -0.4 is 15.9 Å². The Morgan fingerprint density at radius 1 is 1.00 bits per heavy atom. The van der Waals surface area contributed by atoms with Crippen molar-refractivity contribution in [3.05, 3.63) is 111 Å². The largest absolute Gasteiger partial charge is 0.462 e. The number of para-hydroxylation sites is 1. The number of nitrogens with one attached hydrogen (secondary N) is 1. The van der Waals surface area contributed by atoms with Crippen LogP contribution in [0.1, 0.15) is 23.0 Å². The molecule has 11 nitrogen and oxygen atoms in total. The highest BCUT2D eigenvalue weighted by Gasteiger charge is 2.20. The number of hydrogen-bond acceptors (Lipinski definition) is 9. The minimum Gasteiger partial charge on any atom is -0.462 e. The molecule has 0 spiro atoms. The van der Waals surface area contributed by atoms with Crippen LogP contribution in [-0.4, -0.2) is 40.0 Å². The van der Waals surface area contributed by atoms with Crippen LogP contribution in [0, 0.1) is 0 Å². The second-order valence-electron chi connectivity index (χ2n) is 8.19. The fraction of sp³-hybridized carbons (Fsp3) is 0.115. The summed E-state index contributed by atoms with van der Waals surface area (Å²) in [6.07, 6.45) is 1.61. The maximum absolute atomic E-state index is 13.4. The molecule has 0 aliphatic carbocycles. The number of rotatable bonds is 8. The van der Waals surface area contributed by atoms with E-state index in [4.69, 9.17) is 4.74 Å². The predicted molar refractivity (Wildman–Crippen MR) is 146 cm³/mol. The fourth-order valence-corrected chi connectivity index (χ4v) is 5.68. The molecule has 0 aliphatic rings. The number of hydrogen-bond donors (Lipinski definition) is 1. The van der Waals surface area contributed by atoms with E-state index in [0.717, 1.165) is 16.4 Å². The van der Waals surface area contributed by atoms with Gasteiger partial charge in [0.1, 0.15) is 5.65 Å². The van der Waals surface area contributed by atoms with E-state index < -0.39 is 21.6 Å². The van der Waals surface area contributed by atoms with E-state index in [0.29, 0.717) is 16.9 Å². The van der Waals surface area contributed by atoms with Crippen LogP contribution in [0.15, 0.2) is 98.6 Å². The molecule has 5 aromatic rings. The summed E-state index contributed by atoms with van der Waals surface area (Å²) in [7, 11) is -4.26. The van der Waals surface area contributed by atoms with E-state index in [2.05, 4.69) is 14.8 Å². The van der Waals surface area contributed by atoms with Gasteiger partial charge in [0, 0.05) is 18.0 Å². The van der Waals surface area contributed by atoms with E-state index in [1.807, 2.05) is 0 Å². The summed E-state index contributed by atoms with van der Waals surface area (Å²) >= 11 is 1.05. The van der Waals surface area contributed by atoms with Gasteiger partial charge in [-0.1, -0.05) is 30.0 Å². The van der Waals surface area contributed by atoms with Crippen molar-refractivity contribution in [1.82, 2.24) is 19.0 Å². The third-order valence-electron chi connectivity index (χ3n) is 5.61. The van der Waals surface area contributed by atoms with E-state index >= 15 is 0 Å². The summed E-state index contributed by atoms with van der Waals surface area (Å²) in [4.78, 5) is 48.9. The number of ether oxygens (including phenoxy) is 1. The topological polar surface area (TPSA) is 142 Å². The van der Waals surface area contributed by atoms with Crippen molar-refractivity contribution < 1.29 is 17.9 Å². The predicted octanol–water partition coefficient (Wildman–Crippen LogP) is 2.81. The molecule has 39 heavy (non-hydrogen) atoms. The molecule has 0 atom stereocenters. The lowest BCUT2D eigenvalue weighted by atomic mass is 10.2. The van der Waals surface area contributed by atoms with Crippen molar-refractivity contribution in [3.63, 3.8) is 0 Å². The lowest BCUT2D eigenvalue weighted by Gasteiger charge is -2.15. The molecule has 0 saturated heterocycles. The van der Waals surface area contributed by atoms with Crippen molar-refractivity contribution in [2.24, 2.45) is 0 Å². The van der Waals surface area contributed by atoms with Crippen LogP contribution in [0.5, 0.6) is 0 Å². The molecule has 3 heterocycles. The van der Waals surface area contributed by atoms with Crippen molar-refractivity contribution in [1.29, 1.82) is 0 Å². The van der Waals surface area contributed by atoms with Crippen LogP contribution in [0.4, 0.5) is 0 Å². The van der Waals surface area contributed by atoms with Crippen molar-refractivity contribution >= 4 is 44.3 Å². The third-order valence-corrected chi connectivity index (χ3v) is 7.89. The van der Waals surface area contributed by atoms with Gasteiger partial charge in [-0.05, 0) is 55.5 Å². The van der Waals surface area contributed by atoms with E-state index in [1.54, 1.807) is 55.6 Å². The number of esters is 1. The zero-order valence-electron chi connectivity index (χ0n) is 20.5. The summed E-state index contributed by atoms with van der Waals surface area (Å²) in [5, 5.41) is 0.268. The minimum absolute atomic E-state index is 0.0560. The average Bonchev–Trinajstić information content (AvgIpc) is 2.94. The summed E-state index contributed by atoms with van der Waals surface area (Å²) < 4.78 is 33.7. The first-order chi connectivity index (χ1) is 18.8. The minimum atomic E-state index is -4.26. The average molecular weight is 564 g/mol. The number of carbonyl (C=O) groups excluding carboxylic acids is 1. The van der Waals surface area contributed by atoms with Crippen LogP contribution in [-0.2, 0) is 20.5 Å². The van der Waals surface area contributed by atoms with Gasteiger partial charge in [-0.25, -0.2) is 19.6 Å². The molecule has 0 fully saturated rings. The second kappa shape index (κ2) is 10.7. The summed E-state index contributed by atoms with van der Waals surface area (Å²) in [6, 6.07) is 18.3. The Morgan fingerprint density at radius 2 is 1.74 bits per heavy atom. The van der Waals surface area contributed by atoms with Crippen LogP contribution in [0.2, 0.25) is 0 Å². The molecule has 0 radical (unpaired) electrons. The Bertz CT molecular complexity index is 1940. The maximum atomic E-state index is 13.4. The monoisotopic (exact) mass is 563 g/mol. The number of pyridine rings is 1. The van der Waals surface area contributed by atoms with Gasteiger partial charge < -0.3 is 4.74 Å². The SMILES string of the molecule is CCOC(=O)c1ccc(S(=O)(=O)Nn2c(SCc3cc(=O)n4ccccc4n3)nc3ccccc3c2=O)cc1. The maximum Gasteiger partial charge on any atom is 0.338 e. The molecule has 3 aromatic heterocycles. The summed E-state index contributed by atoms with van der Waals surface area (Å²) in [5.74, 6) is -0.438. The van der Waals surface area contributed by atoms with Crippen molar-refractivity contribution in [2.75, 3.05) is 11.4 Å². The Hall–Kier alpha value is -4.49. The van der Waals surface area contributed by atoms with Gasteiger partial charge in [-0.2, -0.15) is 13.1 Å². The van der Waals surface area contributed by atoms with Crippen LogP contribution >= 0.6 is 11.8 Å².